The van der Waals surface area contributed by atoms with Crippen LogP contribution in [-0.4, -0.2) is 29.8 Å². The lowest BCUT2D eigenvalue weighted by molar-refractivity contribution is 0.346. The maximum absolute atomic E-state index is 10.0. The first-order valence-electron chi connectivity index (χ1n) is 7.29. The largest absolute Gasteiger partial charge is 0.508 e. The van der Waals surface area contributed by atoms with Crippen LogP contribution in [0.3, 0.4) is 0 Å². The lowest BCUT2D eigenvalue weighted by Gasteiger charge is -2.31. The van der Waals surface area contributed by atoms with E-state index in [4.69, 9.17) is 4.74 Å². The van der Waals surface area contributed by atoms with E-state index in [-0.39, 0.29) is 6.04 Å². The molecule has 0 saturated heterocycles. The zero-order valence-electron chi connectivity index (χ0n) is 12.6. The van der Waals surface area contributed by atoms with Gasteiger partial charge in [-0.1, -0.05) is 6.42 Å². The summed E-state index contributed by atoms with van der Waals surface area (Å²) in [5, 5.41) is 14.5. The Labute approximate surface area is 126 Å². The Morgan fingerprint density at radius 3 is 2.90 bits per heavy atom. The van der Waals surface area contributed by atoms with Crippen molar-refractivity contribution in [2.45, 2.75) is 49.9 Å². The number of benzene rings is 1. The molecule has 1 aliphatic rings. The van der Waals surface area contributed by atoms with E-state index >= 15 is 0 Å². The number of hydrogen-bond acceptors (Lipinski definition) is 4. The first-order chi connectivity index (χ1) is 9.63. The van der Waals surface area contributed by atoms with E-state index in [2.05, 4.69) is 18.5 Å². The van der Waals surface area contributed by atoms with Gasteiger partial charge in [0.05, 0.1) is 7.11 Å². The fourth-order valence-electron chi connectivity index (χ4n) is 2.96. The van der Waals surface area contributed by atoms with E-state index in [1.165, 1.54) is 25.7 Å². The van der Waals surface area contributed by atoms with Crippen molar-refractivity contribution in [3.8, 4) is 11.5 Å². The van der Waals surface area contributed by atoms with Crippen LogP contribution in [0.4, 0.5) is 0 Å². The van der Waals surface area contributed by atoms with Crippen molar-refractivity contribution in [1.82, 2.24) is 5.32 Å². The van der Waals surface area contributed by atoms with E-state index in [0.717, 1.165) is 16.6 Å². The van der Waals surface area contributed by atoms with Gasteiger partial charge >= 0.3 is 0 Å². The molecule has 1 aliphatic carbocycles. The number of thioether (sulfide) groups is 1. The topological polar surface area (TPSA) is 41.5 Å². The van der Waals surface area contributed by atoms with Gasteiger partial charge in [0.15, 0.2) is 0 Å². The van der Waals surface area contributed by atoms with E-state index < -0.39 is 0 Å². The molecule has 0 amide bonds. The zero-order chi connectivity index (χ0) is 14.5. The summed E-state index contributed by atoms with van der Waals surface area (Å²) in [4.78, 5) is 0. The fourth-order valence-corrected chi connectivity index (χ4v) is 3.79. The highest BCUT2D eigenvalue weighted by atomic mass is 32.2. The molecule has 3 unspecified atom stereocenters. The van der Waals surface area contributed by atoms with E-state index in [1.54, 1.807) is 19.2 Å². The van der Waals surface area contributed by atoms with Gasteiger partial charge in [-0.15, -0.1) is 0 Å². The summed E-state index contributed by atoms with van der Waals surface area (Å²) in [5.74, 6) is 1.13. The quantitative estimate of drug-likeness (QED) is 0.868. The van der Waals surface area contributed by atoms with Gasteiger partial charge in [-0.25, -0.2) is 0 Å². The van der Waals surface area contributed by atoms with Gasteiger partial charge < -0.3 is 15.2 Å². The third-order valence-electron chi connectivity index (χ3n) is 4.15. The normalized spacial score (nSPS) is 24.4. The molecule has 0 aliphatic heterocycles. The highest BCUT2D eigenvalue weighted by Crippen LogP contribution is 2.31. The van der Waals surface area contributed by atoms with E-state index in [1.807, 2.05) is 17.8 Å². The number of phenols is 1. The minimum atomic E-state index is 0.135. The van der Waals surface area contributed by atoms with Gasteiger partial charge in [0.25, 0.3) is 0 Å². The van der Waals surface area contributed by atoms with Gasteiger partial charge in [0.1, 0.15) is 11.5 Å². The smallest absolute Gasteiger partial charge is 0.120 e. The second kappa shape index (κ2) is 7.23. The molecular weight excluding hydrogens is 270 g/mol. The fraction of sp³-hybridized carbons (Fsp3) is 0.625. The van der Waals surface area contributed by atoms with Gasteiger partial charge in [0.2, 0.25) is 0 Å². The minimum absolute atomic E-state index is 0.135. The maximum Gasteiger partial charge on any atom is 0.120 e. The van der Waals surface area contributed by atoms with Crippen molar-refractivity contribution in [2.24, 2.45) is 0 Å². The number of rotatable bonds is 5. The Morgan fingerprint density at radius 2 is 2.20 bits per heavy atom. The Hall–Kier alpha value is -0.870. The second-order valence-corrected chi connectivity index (χ2v) is 6.67. The van der Waals surface area contributed by atoms with Gasteiger partial charge in [0, 0.05) is 22.9 Å². The third kappa shape index (κ3) is 3.83. The van der Waals surface area contributed by atoms with Crippen molar-refractivity contribution in [3.05, 3.63) is 23.8 Å². The van der Waals surface area contributed by atoms with Crippen LogP contribution in [0.5, 0.6) is 11.5 Å². The number of methoxy groups -OCH3 is 1. The van der Waals surface area contributed by atoms with Gasteiger partial charge in [-0.2, -0.15) is 11.8 Å². The molecule has 0 spiro atoms. The van der Waals surface area contributed by atoms with Crippen LogP contribution < -0.4 is 10.1 Å². The zero-order valence-corrected chi connectivity index (χ0v) is 13.4. The summed E-state index contributed by atoms with van der Waals surface area (Å²) in [5.41, 5.74) is 0.913. The second-order valence-electron chi connectivity index (χ2n) is 5.53. The molecule has 1 aromatic carbocycles. The molecule has 20 heavy (non-hydrogen) atoms. The summed E-state index contributed by atoms with van der Waals surface area (Å²) >= 11 is 1.97. The Kier molecular flexibility index (Phi) is 5.61. The van der Waals surface area contributed by atoms with Crippen LogP contribution in [-0.2, 0) is 0 Å². The Balaban J connectivity index is 2.02. The molecule has 1 saturated carbocycles. The predicted molar refractivity (Wildman–Crippen MR) is 85.8 cm³/mol. The first-order valence-corrected chi connectivity index (χ1v) is 8.58. The molecule has 0 radical (unpaired) electrons. The standard InChI is InChI=1S/C16H25NO2S/c1-11(15-10-13(19-2)7-8-16(15)18)17-12-5-4-6-14(9-12)20-3/h7-8,10-12,14,17-18H,4-6,9H2,1-3H3. The molecule has 3 nitrogen and oxygen atoms in total. The van der Waals surface area contributed by atoms with Crippen molar-refractivity contribution < 1.29 is 9.84 Å². The van der Waals surface area contributed by atoms with E-state index in [0.29, 0.717) is 11.8 Å². The Morgan fingerprint density at radius 1 is 1.40 bits per heavy atom. The molecule has 0 heterocycles. The van der Waals surface area contributed by atoms with Crippen LogP contribution in [0.25, 0.3) is 0 Å². The molecule has 1 aromatic rings. The molecule has 2 rings (SSSR count). The summed E-state index contributed by atoms with van der Waals surface area (Å²) in [7, 11) is 1.65. The van der Waals surface area contributed by atoms with Crippen molar-refractivity contribution in [3.63, 3.8) is 0 Å². The molecule has 2 N–H and O–H groups in total. The van der Waals surface area contributed by atoms with Crippen LogP contribution in [0, 0.1) is 0 Å². The average molecular weight is 295 g/mol. The molecule has 3 atom stereocenters. The molecule has 4 heteroatoms. The summed E-state index contributed by atoms with van der Waals surface area (Å²) in [6.45, 7) is 2.11. The van der Waals surface area contributed by atoms with Crippen LogP contribution in [0.1, 0.15) is 44.2 Å². The summed E-state index contributed by atoms with van der Waals surface area (Å²) < 4.78 is 5.24. The van der Waals surface area contributed by atoms with Crippen molar-refractivity contribution in [1.29, 1.82) is 0 Å². The third-order valence-corrected chi connectivity index (χ3v) is 5.24. The molecule has 1 fully saturated rings. The summed E-state index contributed by atoms with van der Waals surface area (Å²) in [6, 6.07) is 6.09. The first kappa shape index (κ1) is 15.5. The average Bonchev–Trinajstić information content (AvgIpc) is 2.47. The minimum Gasteiger partial charge on any atom is -0.508 e. The lowest BCUT2D eigenvalue weighted by atomic mass is 9.93. The number of phenolic OH excluding ortho intramolecular Hbond substituents is 1. The highest BCUT2D eigenvalue weighted by molar-refractivity contribution is 7.99. The lowest BCUT2D eigenvalue weighted by Crippen LogP contribution is -2.36. The van der Waals surface area contributed by atoms with Gasteiger partial charge in [-0.05, 0) is 50.6 Å². The van der Waals surface area contributed by atoms with Crippen LogP contribution in [0.2, 0.25) is 0 Å². The molecule has 0 aromatic heterocycles. The van der Waals surface area contributed by atoms with Crippen molar-refractivity contribution >= 4 is 11.8 Å². The summed E-state index contributed by atoms with van der Waals surface area (Å²) in [6.07, 6.45) is 7.27. The highest BCUT2D eigenvalue weighted by Gasteiger charge is 2.23. The monoisotopic (exact) mass is 295 g/mol. The molecule has 112 valence electrons. The number of hydrogen-bond donors (Lipinski definition) is 2. The van der Waals surface area contributed by atoms with Crippen LogP contribution in [0.15, 0.2) is 18.2 Å². The number of aromatic hydroxyl groups is 1. The predicted octanol–water partition coefficient (Wildman–Crippen LogP) is 3.73. The number of ether oxygens (including phenoxy) is 1. The Bertz CT molecular complexity index is 438. The molecule has 0 bridgehead atoms. The van der Waals surface area contributed by atoms with Crippen LogP contribution >= 0.6 is 11.8 Å². The number of nitrogens with one attached hydrogen (secondary N) is 1. The van der Waals surface area contributed by atoms with Gasteiger partial charge in [-0.3, -0.25) is 0 Å². The van der Waals surface area contributed by atoms with E-state index in [9.17, 15) is 5.11 Å². The van der Waals surface area contributed by atoms with Crippen molar-refractivity contribution in [2.75, 3.05) is 13.4 Å². The maximum atomic E-state index is 10.0. The SMILES string of the molecule is COc1ccc(O)c(C(C)NC2CCCC(SC)C2)c1. The molecular formula is C16H25NO2S.